The predicted molar refractivity (Wildman–Crippen MR) is 97.9 cm³/mol. The molecule has 2 aromatic carbocycles. The van der Waals surface area contributed by atoms with Gasteiger partial charge in [-0.3, -0.25) is 9.59 Å². The second-order valence-electron chi connectivity index (χ2n) is 5.59. The molecule has 0 aliphatic rings. The largest absolute Gasteiger partial charge is 0.473 e. The van der Waals surface area contributed by atoms with Crippen LogP contribution in [0.1, 0.15) is 31.3 Å². The van der Waals surface area contributed by atoms with Gasteiger partial charge in [-0.25, -0.2) is 0 Å². The first-order valence-electron chi connectivity index (χ1n) is 7.93. The topological polar surface area (TPSA) is 68.3 Å². The molecule has 1 heterocycles. The molecule has 28 heavy (non-hydrogen) atoms. The van der Waals surface area contributed by atoms with E-state index in [4.69, 9.17) is 4.74 Å². The first kappa shape index (κ1) is 19.6. The molecular weight excluding hydrogens is 393 g/mol. The van der Waals surface area contributed by atoms with Crippen LogP contribution in [-0.4, -0.2) is 23.8 Å². The van der Waals surface area contributed by atoms with Gasteiger partial charge in [-0.1, -0.05) is 53.8 Å². The third-order valence-corrected chi connectivity index (χ3v) is 4.69. The van der Waals surface area contributed by atoms with Crippen LogP contribution in [0.2, 0.25) is 0 Å². The summed E-state index contributed by atoms with van der Waals surface area (Å²) in [5.41, 5.74) is -0.380. The zero-order chi connectivity index (χ0) is 20.3. The number of ketones is 1. The fourth-order valence-electron chi connectivity index (χ4n) is 2.42. The number of carbonyl (C=O) groups excluding carboxylic acids is 2. The minimum Gasteiger partial charge on any atom is -0.473 e. The molecule has 9 heteroatoms. The quantitative estimate of drug-likeness (QED) is 0.626. The molecular formula is C19H13F3N2O3S. The monoisotopic (exact) mass is 406 g/mol. The first-order valence-corrected chi connectivity index (χ1v) is 8.74. The number of methoxy groups -OCH3 is 1. The number of aromatic nitrogens is 1. The molecule has 3 rings (SSSR count). The highest BCUT2D eigenvalue weighted by molar-refractivity contribution is 7.15. The summed E-state index contributed by atoms with van der Waals surface area (Å²) in [5, 5.41) is 2.11. The van der Waals surface area contributed by atoms with Crippen LogP contribution in [0.4, 0.5) is 18.9 Å². The van der Waals surface area contributed by atoms with Crippen molar-refractivity contribution in [3.8, 4) is 5.19 Å². The highest BCUT2D eigenvalue weighted by Gasteiger charge is 2.40. The van der Waals surface area contributed by atoms with Gasteiger partial charge in [-0.15, -0.1) is 0 Å². The minimum absolute atomic E-state index is 0.187. The number of amides is 1. The Bertz CT molecular complexity index is 1020. The van der Waals surface area contributed by atoms with Crippen molar-refractivity contribution in [3.63, 3.8) is 0 Å². The number of anilines is 1. The summed E-state index contributed by atoms with van der Waals surface area (Å²) in [6, 6.07) is 14.5. The average molecular weight is 406 g/mol. The second-order valence-corrected chi connectivity index (χ2v) is 6.55. The van der Waals surface area contributed by atoms with Crippen molar-refractivity contribution in [2.24, 2.45) is 0 Å². The number of rotatable bonds is 5. The lowest BCUT2D eigenvalue weighted by Gasteiger charge is -2.08. The predicted octanol–water partition coefficient (Wildman–Crippen LogP) is 4.65. The lowest BCUT2D eigenvalue weighted by molar-refractivity contribution is -0.141. The van der Waals surface area contributed by atoms with Gasteiger partial charge in [0.25, 0.3) is 11.1 Å². The maximum atomic E-state index is 13.1. The molecule has 1 aromatic heterocycles. The van der Waals surface area contributed by atoms with Gasteiger partial charge in [-0.05, 0) is 12.1 Å². The van der Waals surface area contributed by atoms with Gasteiger partial charge in [0.05, 0.1) is 7.11 Å². The Labute approximate surface area is 161 Å². The Morgan fingerprint density at radius 3 is 2.36 bits per heavy atom. The van der Waals surface area contributed by atoms with Crippen LogP contribution in [0.25, 0.3) is 0 Å². The SMILES string of the molecule is COc1nc(C(F)(F)F)c(C(=O)Nc2cccc(C(=O)c3ccccc3)c2)s1. The number of carbonyl (C=O) groups is 2. The summed E-state index contributed by atoms with van der Waals surface area (Å²) < 4.78 is 44.1. The van der Waals surface area contributed by atoms with Crippen LogP contribution in [0.15, 0.2) is 54.6 Å². The molecule has 0 bridgehead atoms. The maximum absolute atomic E-state index is 13.1. The van der Waals surface area contributed by atoms with Gasteiger partial charge in [-0.2, -0.15) is 18.2 Å². The molecule has 0 aliphatic heterocycles. The number of ether oxygens (including phenoxy) is 1. The zero-order valence-corrected chi connectivity index (χ0v) is 15.2. The third kappa shape index (κ3) is 4.20. The van der Waals surface area contributed by atoms with Gasteiger partial charge in [0.2, 0.25) is 0 Å². The Morgan fingerprint density at radius 2 is 1.71 bits per heavy atom. The molecule has 0 saturated carbocycles. The van der Waals surface area contributed by atoms with Crippen LogP contribution >= 0.6 is 11.3 Å². The number of benzene rings is 2. The van der Waals surface area contributed by atoms with E-state index in [1.165, 1.54) is 25.3 Å². The van der Waals surface area contributed by atoms with E-state index in [1.54, 1.807) is 36.4 Å². The fourth-order valence-corrected chi connectivity index (χ4v) is 3.21. The summed E-state index contributed by atoms with van der Waals surface area (Å²) >= 11 is 0.489. The maximum Gasteiger partial charge on any atom is 0.435 e. The van der Waals surface area contributed by atoms with Crippen LogP contribution in [0, 0.1) is 0 Å². The van der Waals surface area contributed by atoms with E-state index >= 15 is 0 Å². The zero-order valence-electron chi connectivity index (χ0n) is 14.4. The number of nitrogens with zero attached hydrogens (tertiary/aromatic N) is 1. The van der Waals surface area contributed by atoms with E-state index in [2.05, 4.69) is 10.3 Å². The summed E-state index contributed by atoms with van der Waals surface area (Å²) in [5.74, 6) is -1.26. The molecule has 5 nitrogen and oxygen atoms in total. The smallest absolute Gasteiger partial charge is 0.435 e. The number of alkyl halides is 3. The molecule has 0 aliphatic carbocycles. The van der Waals surface area contributed by atoms with Crippen LogP contribution in [0.5, 0.6) is 5.19 Å². The molecule has 0 unspecified atom stereocenters. The average Bonchev–Trinajstić information content (AvgIpc) is 3.13. The van der Waals surface area contributed by atoms with Gasteiger partial charge in [0.1, 0.15) is 4.88 Å². The number of halogens is 3. The van der Waals surface area contributed by atoms with E-state index in [1.807, 2.05) is 0 Å². The highest BCUT2D eigenvalue weighted by Crippen LogP contribution is 2.37. The molecule has 1 N–H and O–H groups in total. The molecule has 0 saturated heterocycles. The minimum atomic E-state index is -4.80. The van der Waals surface area contributed by atoms with Crippen LogP contribution in [0.3, 0.4) is 0 Å². The number of nitrogens with one attached hydrogen (secondary N) is 1. The standard InChI is InChI=1S/C19H13F3N2O3S/c1-27-18-24-16(19(20,21)22)15(28-18)17(26)23-13-9-5-8-12(10-13)14(25)11-6-3-2-4-7-11/h2-10H,1H3,(H,23,26). The lowest BCUT2D eigenvalue weighted by atomic mass is 10.0. The Balaban J connectivity index is 1.86. The van der Waals surface area contributed by atoms with Gasteiger partial charge >= 0.3 is 6.18 Å². The van der Waals surface area contributed by atoms with Crippen molar-refractivity contribution < 1.29 is 27.5 Å². The molecule has 0 atom stereocenters. The Kier molecular flexibility index (Phi) is 5.46. The highest BCUT2D eigenvalue weighted by atomic mass is 32.1. The summed E-state index contributed by atoms with van der Waals surface area (Å²) in [4.78, 5) is 27.6. The van der Waals surface area contributed by atoms with Crippen LogP contribution in [-0.2, 0) is 6.18 Å². The molecule has 0 spiro atoms. The summed E-state index contributed by atoms with van der Waals surface area (Å²) in [6.07, 6.45) is -4.80. The van der Waals surface area contributed by atoms with Crippen molar-refractivity contribution in [2.45, 2.75) is 6.18 Å². The summed E-state index contributed by atoms with van der Waals surface area (Å²) in [6.45, 7) is 0. The Morgan fingerprint density at radius 1 is 1.04 bits per heavy atom. The number of thiazole rings is 1. The first-order chi connectivity index (χ1) is 13.3. The molecule has 0 radical (unpaired) electrons. The van der Waals surface area contributed by atoms with Crippen molar-refractivity contribution in [2.75, 3.05) is 12.4 Å². The fraction of sp³-hybridized carbons (Fsp3) is 0.105. The third-order valence-electron chi connectivity index (χ3n) is 3.68. The van der Waals surface area contributed by atoms with Gasteiger partial charge < -0.3 is 10.1 Å². The van der Waals surface area contributed by atoms with E-state index < -0.39 is 22.7 Å². The molecule has 1 amide bonds. The molecule has 3 aromatic rings. The van der Waals surface area contributed by atoms with E-state index in [0.29, 0.717) is 22.5 Å². The normalized spacial score (nSPS) is 11.1. The van der Waals surface area contributed by atoms with Crippen molar-refractivity contribution in [1.82, 2.24) is 4.98 Å². The molecule has 144 valence electrons. The second kappa shape index (κ2) is 7.81. The van der Waals surface area contributed by atoms with E-state index in [9.17, 15) is 22.8 Å². The van der Waals surface area contributed by atoms with E-state index in [0.717, 1.165) is 0 Å². The van der Waals surface area contributed by atoms with Gasteiger partial charge in [0.15, 0.2) is 11.5 Å². The van der Waals surface area contributed by atoms with Gasteiger partial charge in [0, 0.05) is 16.8 Å². The van der Waals surface area contributed by atoms with Crippen molar-refractivity contribution in [1.29, 1.82) is 0 Å². The van der Waals surface area contributed by atoms with Crippen molar-refractivity contribution in [3.05, 3.63) is 76.3 Å². The number of hydrogen-bond acceptors (Lipinski definition) is 5. The van der Waals surface area contributed by atoms with Crippen molar-refractivity contribution >= 4 is 28.7 Å². The van der Waals surface area contributed by atoms with E-state index in [-0.39, 0.29) is 16.7 Å². The summed E-state index contributed by atoms with van der Waals surface area (Å²) in [7, 11) is 1.17. The van der Waals surface area contributed by atoms with Crippen LogP contribution < -0.4 is 10.1 Å². The lowest BCUT2D eigenvalue weighted by Crippen LogP contribution is -2.17. The molecule has 0 fully saturated rings. The number of hydrogen-bond donors (Lipinski definition) is 1. The Hall–Kier alpha value is -3.20.